The molecule has 0 aromatic heterocycles. The number of hydrogen-bond acceptors (Lipinski definition) is 2. The summed E-state index contributed by atoms with van der Waals surface area (Å²) in [5, 5.41) is 0. The normalized spacial score (nSPS) is 26.8. The highest BCUT2D eigenvalue weighted by Crippen LogP contribution is 2.45. The SMILES string of the molecule is C[C@H]1CC(Sc2ccccc2)=C2C(=O)N(C)C[C@@H]2C1. The second-order valence-electron chi connectivity index (χ2n) is 5.68. The molecule has 3 rings (SSSR count). The van der Waals surface area contributed by atoms with Gasteiger partial charge in [0.05, 0.1) is 0 Å². The Hall–Kier alpha value is -1.22. The number of likely N-dealkylation sites (tertiary alicyclic amines) is 1. The molecule has 19 heavy (non-hydrogen) atoms. The smallest absolute Gasteiger partial charge is 0.250 e. The van der Waals surface area contributed by atoms with Gasteiger partial charge in [0.2, 0.25) is 0 Å². The van der Waals surface area contributed by atoms with Crippen LogP contribution in [0.15, 0.2) is 45.7 Å². The number of carbonyl (C=O) groups is 1. The molecule has 1 aromatic rings. The summed E-state index contributed by atoms with van der Waals surface area (Å²) in [4.78, 5) is 16.7. The minimum atomic E-state index is 0.246. The van der Waals surface area contributed by atoms with E-state index >= 15 is 0 Å². The Morgan fingerprint density at radius 2 is 2.00 bits per heavy atom. The van der Waals surface area contributed by atoms with E-state index in [-0.39, 0.29) is 5.91 Å². The summed E-state index contributed by atoms with van der Waals surface area (Å²) in [6, 6.07) is 10.4. The number of rotatable bonds is 2. The maximum absolute atomic E-state index is 12.3. The topological polar surface area (TPSA) is 20.3 Å². The molecule has 0 spiro atoms. The van der Waals surface area contributed by atoms with Gasteiger partial charge in [0.25, 0.3) is 5.91 Å². The second-order valence-corrected chi connectivity index (χ2v) is 6.85. The molecular formula is C16H19NOS. The van der Waals surface area contributed by atoms with E-state index in [1.807, 2.05) is 18.0 Å². The van der Waals surface area contributed by atoms with Gasteiger partial charge in [-0.3, -0.25) is 4.79 Å². The van der Waals surface area contributed by atoms with E-state index in [0.29, 0.717) is 11.8 Å². The van der Waals surface area contributed by atoms with Crippen LogP contribution in [0.25, 0.3) is 0 Å². The van der Waals surface area contributed by atoms with Crippen LogP contribution >= 0.6 is 11.8 Å². The van der Waals surface area contributed by atoms with E-state index in [4.69, 9.17) is 0 Å². The average Bonchev–Trinajstić information content (AvgIpc) is 2.66. The predicted molar refractivity (Wildman–Crippen MR) is 78.9 cm³/mol. The molecule has 2 aliphatic rings. The molecule has 0 unspecified atom stereocenters. The van der Waals surface area contributed by atoms with Gasteiger partial charge in [-0.2, -0.15) is 0 Å². The van der Waals surface area contributed by atoms with Crippen LogP contribution in [0.3, 0.4) is 0 Å². The van der Waals surface area contributed by atoms with Gasteiger partial charge in [-0.05, 0) is 35.8 Å². The Labute approximate surface area is 118 Å². The van der Waals surface area contributed by atoms with Crippen molar-refractivity contribution in [3.8, 4) is 0 Å². The molecular weight excluding hydrogens is 254 g/mol. The quantitative estimate of drug-likeness (QED) is 0.821. The number of benzene rings is 1. The zero-order valence-electron chi connectivity index (χ0n) is 11.4. The molecule has 1 heterocycles. The van der Waals surface area contributed by atoms with Crippen LogP contribution in [-0.2, 0) is 4.79 Å². The minimum Gasteiger partial charge on any atom is -0.341 e. The van der Waals surface area contributed by atoms with Gasteiger partial charge in [0.15, 0.2) is 0 Å². The Morgan fingerprint density at radius 1 is 1.26 bits per heavy atom. The lowest BCUT2D eigenvalue weighted by atomic mass is 9.83. The van der Waals surface area contributed by atoms with E-state index in [1.165, 1.54) is 9.80 Å². The van der Waals surface area contributed by atoms with Crippen LogP contribution in [0, 0.1) is 11.8 Å². The van der Waals surface area contributed by atoms with Crippen LogP contribution < -0.4 is 0 Å². The number of likely N-dealkylation sites (N-methyl/N-ethyl adjacent to an activating group) is 1. The zero-order chi connectivity index (χ0) is 13.4. The van der Waals surface area contributed by atoms with Crippen molar-refractivity contribution in [3.05, 3.63) is 40.8 Å². The summed E-state index contributed by atoms with van der Waals surface area (Å²) in [5.74, 6) is 1.38. The molecule has 1 amide bonds. The van der Waals surface area contributed by atoms with Gasteiger partial charge in [-0.15, -0.1) is 0 Å². The number of fused-ring (bicyclic) bond motifs is 1. The minimum absolute atomic E-state index is 0.246. The standard InChI is InChI=1S/C16H19NOS/c1-11-8-12-10-17(2)16(18)15(12)14(9-11)19-13-6-4-3-5-7-13/h3-7,11-12H,8-10H2,1-2H3/t11-,12+/m1/s1. The molecule has 1 aromatic carbocycles. The maximum Gasteiger partial charge on any atom is 0.250 e. The Balaban J connectivity index is 1.94. The van der Waals surface area contributed by atoms with Crippen LogP contribution in [0.2, 0.25) is 0 Å². The number of hydrogen-bond donors (Lipinski definition) is 0. The Kier molecular flexibility index (Phi) is 3.40. The highest BCUT2D eigenvalue weighted by Gasteiger charge is 2.39. The van der Waals surface area contributed by atoms with Crippen LogP contribution in [0.4, 0.5) is 0 Å². The number of amides is 1. The van der Waals surface area contributed by atoms with E-state index < -0.39 is 0 Å². The summed E-state index contributed by atoms with van der Waals surface area (Å²) >= 11 is 1.78. The highest BCUT2D eigenvalue weighted by atomic mass is 32.2. The molecule has 0 radical (unpaired) electrons. The fourth-order valence-electron chi connectivity index (χ4n) is 3.15. The molecule has 3 heteroatoms. The lowest BCUT2D eigenvalue weighted by Crippen LogP contribution is -2.19. The van der Waals surface area contributed by atoms with Crippen molar-refractivity contribution in [1.29, 1.82) is 0 Å². The van der Waals surface area contributed by atoms with E-state index in [9.17, 15) is 4.79 Å². The van der Waals surface area contributed by atoms with Gasteiger partial charge in [-0.25, -0.2) is 0 Å². The van der Waals surface area contributed by atoms with Crippen molar-refractivity contribution in [1.82, 2.24) is 4.90 Å². The Bertz CT molecular complexity index is 523. The largest absolute Gasteiger partial charge is 0.341 e. The molecule has 1 fully saturated rings. The molecule has 1 aliphatic heterocycles. The van der Waals surface area contributed by atoms with E-state index in [0.717, 1.165) is 25.0 Å². The van der Waals surface area contributed by atoms with Gasteiger partial charge < -0.3 is 4.90 Å². The van der Waals surface area contributed by atoms with Crippen molar-refractivity contribution in [3.63, 3.8) is 0 Å². The van der Waals surface area contributed by atoms with E-state index in [1.54, 1.807) is 11.8 Å². The third kappa shape index (κ3) is 2.44. The first-order valence-electron chi connectivity index (χ1n) is 6.86. The zero-order valence-corrected chi connectivity index (χ0v) is 12.2. The highest BCUT2D eigenvalue weighted by molar-refractivity contribution is 8.03. The first-order chi connectivity index (χ1) is 9.15. The van der Waals surface area contributed by atoms with Crippen molar-refractivity contribution < 1.29 is 4.79 Å². The second kappa shape index (κ2) is 5.04. The number of carbonyl (C=O) groups excluding carboxylic acids is 1. The van der Waals surface area contributed by atoms with Crippen molar-refractivity contribution in [2.75, 3.05) is 13.6 Å². The van der Waals surface area contributed by atoms with Crippen molar-refractivity contribution >= 4 is 17.7 Å². The molecule has 1 saturated heterocycles. The van der Waals surface area contributed by atoms with Gasteiger partial charge in [0.1, 0.15) is 0 Å². The molecule has 0 N–H and O–H groups in total. The average molecular weight is 273 g/mol. The molecule has 0 bridgehead atoms. The van der Waals surface area contributed by atoms with Crippen LogP contribution in [-0.4, -0.2) is 24.4 Å². The third-order valence-electron chi connectivity index (χ3n) is 3.99. The molecule has 1 aliphatic carbocycles. The van der Waals surface area contributed by atoms with Gasteiger partial charge >= 0.3 is 0 Å². The fourth-order valence-corrected chi connectivity index (χ4v) is 4.46. The molecule has 2 atom stereocenters. The van der Waals surface area contributed by atoms with E-state index in [2.05, 4.69) is 31.2 Å². The molecule has 2 nitrogen and oxygen atoms in total. The lowest BCUT2D eigenvalue weighted by molar-refractivity contribution is -0.123. The summed E-state index contributed by atoms with van der Waals surface area (Å²) < 4.78 is 0. The summed E-state index contributed by atoms with van der Waals surface area (Å²) in [6.45, 7) is 3.20. The number of allylic oxidation sites excluding steroid dienone is 1. The predicted octanol–water partition coefficient (Wildman–Crippen LogP) is 3.55. The van der Waals surface area contributed by atoms with Gasteiger partial charge in [-0.1, -0.05) is 36.9 Å². The number of thioether (sulfide) groups is 1. The number of nitrogens with zero attached hydrogens (tertiary/aromatic N) is 1. The van der Waals surface area contributed by atoms with Crippen molar-refractivity contribution in [2.45, 2.75) is 24.7 Å². The summed E-state index contributed by atoms with van der Waals surface area (Å²) in [6.07, 6.45) is 2.20. The summed E-state index contributed by atoms with van der Waals surface area (Å²) in [5.41, 5.74) is 1.09. The molecule has 100 valence electrons. The monoisotopic (exact) mass is 273 g/mol. The van der Waals surface area contributed by atoms with Gasteiger partial charge in [0, 0.05) is 30.0 Å². The first-order valence-corrected chi connectivity index (χ1v) is 7.68. The first kappa shape index (κ1) is 12.8. The van der Waals surface area contributed by atoms with Crippen LogP contribution in [0.5, 0.6) is 0 Å². The maximum atomic E-state index is 12.3. The third-order valence-corrected chi connectivity index (χ3v) is 5.13. The molecule has 0 saturated carbocycles. The van der Waals surface area contributed by atoms with Crippen LogP contribution in [0.1, 0.15) is 19.8 Å². The van der Waals surface area contributed by atoms with Crippen molar-refractivity contribution in [2.24, 2.45) is 11.8 Å². The summed E-state index contributed by atoms with van der Waals surface area (Å²) in [7, 11) is 1.92. The lowest BCUT2D eigenvalue weighted by Gasteiger charge is -2.25. The fraction of sp³-hybridized carbons (Fsp3) is 0.438. The Morgan fingerprint density at radius 3 is 2.74 bits per heavy atom.